The Morgan fingerprint density at radius 2 is 1.92 bits per heavy atom. The maximum Gasteiger partial charge on any atom is 0.228 e. The van der Waals surface area contributed by atoms with Crippen molar-refractivity contribution in [2.24, 2.45) is 11.8 Å². The smallest absolute Gasteiger partial charge is 0.228 e. The first-order chi connectivity index (χ1) is 11.7. The molecule has 0 bridgehead atoms. The van der Waals surface area contributed by atoms with Gasteiger partial charge in [-0.2, -0.15) is 0 Å². The molecule has 1 amide bonds. The zero-order chi connectivity index (χ0) is 16.9. The zero-order valence-corrected chi connectivity index (χ0v) is 14.6. The predicted octanol–water partition coefficient (Wildman–Crippen LogP) is 3.16. The monoisotopic (exact) mass is 331 g/mol. The van der Waals surface area contributed by atoms with Gasteiger partial charge in [0.2, 0.25) is 5.91 Å². The number of aliphatic hydroxyl groups is 1. The van der Waals surface area contributed by atoms with Crippen molar-refractivity contribution >= 4 is 5.91 Å². The Labute approximate surface area is 144 Å². The number of benzene rings is 1. The molecule has 24 heavy (non-hydrogen) atoms. The molecule has 4 atom stereocenters. The number of amides is 1. The van der Waals surface area contributed by atoms with Gasteiger partial charge in [-0.25, -0.2) is 0 Å². The number of aliphatic hydroxyl groups excluding tert-OH is 1. The lowest BCUT2D eigenvalue weighted by molar-refractivity contribution is -0.145. The van der Waals surface area contributed by atoms with Gasteiger partial charge in [0.1, 0.15) is 0 Å². The van der Waals surface area contributed by atoms with E-state index in [2.05, 4.69) is 0 Å². The van der Waals surface area contributed by atoms with Gasteiger partial charge in [-0.1, -0.05) is 43.2 Å². The summed E-state index contributed by atoms with van der Waals surface area (Å²) >= 11 is 0. The number of hydrogen-bond donors (Lipinski definition) is 1. The van der Waals surface area contributed by atoms with E-state index in [1.165, 1.54) is 0 Å². The number of nitrogens with zero attached hydrogens (tertiary/aromatic N) is 1. The van der Waals surface area contributed by atoms with Crippen molar-refractivity contribution < 1.29 is 14.6 Å². The summed E-state index contributed by atoms with van der Waals surface area (Å²) in [6, 6.07) is 10.1. The molecule has 2 fully saturated rings. The van der Waals surface area contributed by atoms with E-state index < -0.39 is 0 Å². The van der Waals surface area contributed by atoms with E-state index in [0.717, 1.165) is 44.1 Å². The van der Waals surface area contributed by atoms with E-state index in [1.807, 2.05) is 42.3 Å². The van der Waals surface area contributed by atoms with E-state index in [0.29, 0.717) is 13.2 Å². The van der Waals surface area contributed by atoms with Crippen LogP contribution in [0.1, 0.15) is 50.2 Å². The summed E-state index contributed by atoms with van der Waals surface area (Å²) in [7, 11) is 1.88. The molecule has 1 saturated carbocycles. The average molecular weight is 331 g/mol. The van der Waals surface area contributed by atoms with Crippen LogP contribution >= 0.6 is 0 Å². The number of carbonyl (C=O) groups excluding carboxylic acids is 1. The predicted molar refractivity (Wildman–Crippen MR) is 93.5 cm³/mol. The molecule has 0 spiro atoms. The van der Waals surface area contributed by atoms with Crippen LogP contribution in [0.25, 0.3) is 0 Å². The standard InChI is InChI=1S/C20H29NO3/c1-21(14-16-10-5-6-12-18(16)22)20(23)17-11-7-13-24-19(17)15-8-3-2-4-9-15/h2-4,8-9,16-19,22H,5-7,10-14H2,1H3. The molecule has 0 radical (unpaired) electrons. The fraction of sp³-hybridized carbons (Fsp3) is 0.650. The molecule has 1 aromatic carbocycles. The van der Waals surface area contributed by atoms with Gasteiger partial charge in [-0.15, -0.1) is 0 Å². The summed E-state index contributed by atoms with van der Waals surface area (Å²) in [5.41, 5.74) is 1.08. The van der Waals surface area contributed by atoms with Crippen molar-refractivity contribution in [2.45, 2.75) is 50.7 Å². The van der Waals surface area contributed by atoms with Crippen LogP contribution in [-0.2, 0) is 9.53 Å². The molecule has 4 unspecified atom stereocenters. The quantitative estimate of drug-likeness (QED) is 0.922. The van der Waals surface area contributed by atoms with Crippen LogP contribution in [0.15, 0.2) is 30.3 Å². The topological polar surface area (TPSA) is 49.8 Å². The fourth-order valence-electron chi connectivity index (χ4n) is 4.13. The highest BCUT2D eigenvalue weighted by Gasteiger charge is 2.36. The van der Waals surface area contributed by atoms with Crippen molar-refractivity contribution in [1.29, 1.82) is 0 Å². The molecule has 2 aliphatic rings. The third kappa shape index (κ3) is 3.98. The van der Waals surface area contributed by atoms with Gasteiger partial charge >= 0.3 is 0 Å². The van der Waals surface area contributed by atoms with E-state index in [4.69, 9.17) is 4.74 Å². The molecule has 1 heterocycles. The van der Waals surface area contributed by atoms with Gasteiger partial charge < -0.3 is 14.7 Å². The molecule has 1 N–H and O–H groups in total. The van der Waals surface area contributed by atoms with Crippen molar-refractivity contribution in [2.75, 3.05) is 20.2 Å². The molecular formula is C20H29NO3. The highest BCUT2D eigenvalue weighted by atomic mass is 16.5. The van der Waals surface area contributed by atoms with Crippen molar-refractivity contribution in [3.05, 3.63) is 35.9 Å². The Balaban J connectivity index is 1.67. The minimum Gasteiger partial charge on any atom is -0.393 e. The average Bonchev–Trinajstić information content (AvgIpc) is 2.63. The van der Waals surface area contributed by atoms with Gasteiger partial charge in [0.05, 0.1) is 18.1 Å². The molecule has 0 aromatic heterocycles. The van der Waals surface area contributed by atoms with Gasteiger partial charge in [0.25, 0.3) is 0 Å². The summed E-state index contributed by atoms with van der Waals surface area (Å²) in [4.78, 5) is 14.9. The molecule has 4 heteroatoms. The van der Waals surface area contributed by atoms with E-state index in [-0.39, 0.29) is 30.0 Å². The molecular weight excluding hydrogens is 302 g/mol. The van der Waals surface area contributed by atoms with Crippen molar-refractivity contribution in [1.82, 2.24) is 4.90 Å². The maximum atomic E-state index is 13.0. The Hall–Kier alpha value is -1.39. The SMILES string of the molecule is CN(CC1CCCCC1O)C(=O)C1CCCOC1c1ccccc1. The molecule has 3 rings (SSSR count). The number of rotatable bonds is 4. The lowest BCUT2D eigenvalue weighted by atomic mass is 9.85. The first-order valence-corrected chi connectivity index (χ1v) is 9.26. The van der Waals surface area contributed by atoms with Crippen molar-refractivity contribution in [3.63, 3.8) is 0 Å². The Bertz CT molecular complexity index is 533. The minimum absolute atomic E-state index is 0.119. The summed E-state index contributed by atoms with van der Waals surface area (Å²) < 4.78 is 5.96. The van der Waals surface area contributed by atoms with Gasteiger partial charge in [-0.3, -0.25) is 4.79 Å². The number of carbonyl (C=O) groups is 1. The zero-order valence-electron chi connectivity index (χ0n) is 14.6. The second-order valence-corrected chi connectivity index (χ2v) is 7.28. The summed E-state index contributed by atoms with van der Waals surface area (Å²) in [5, 5.41) is 10.2. The fourth-order valence-corrected chi connectivity index (χ4v) is 4.13. The Kier molecular flexibility index (Phi) is 5.90. The molecule has 1 aliphatic carbocycles. The summed E-state index contributed by atoms with van der Waals surface area (Å²) in [6.45, 7) is 1.37. The third-order valence-electron chi connectivity index (χ3n) is 5.52. The van der Waals surface area contributed by atoms with Gasteiger partial charge in [0.15, 0.2) is 0 Å². The van der Waals surface area contributed by atoms with Crippen LogP contribution in [0.4, 0.5) is 0 Å². The van der Waals surface area contributed by atoms with Crippen LogP contribution in [0.5, 0.6) is 0 Å². The number of ether oxygens (including phenoxy) is 1. The summed E-state index contributed by atoms with van der Waals surface area (Å²) in [6.07, 6.45) is 5.53. The van der Waals surface area contributed by atoms with Crippen LogP contribution in [-0.4, -0.2) is 42.2 Å². The second kappa shape index (κ2) is 8.13. The number of hydrogen-bond acceptors (Lipinski definition) is 3. The maximum absolute atomic E-state index is 13.0. The van der Waals surface area contributed by atoms with Crippen molar-refractivity contribution in [3.8, 4) is 0 Å². The second-order valence-electron chi connectivity index (χ2n) is 7.28. The third-order valence-corrected chi connectivity index (χ3v) is 5.52. The van der Waals surface area contributed by atoms with E-state index in [1.54, 1.807) is 0 Å². The first kappa shape index (κ1) is 17.4. The lowest BCUT2D eigenvalue weighted by Gasteiger charge is -2.36. The molecule has 1 aromatic rings. The molecule has 1 aliphatic heterocycles. The molecule has 132 valence electrons. The van der Waals surface area contributed by atoms with Crippen LogP contribution in [0, 0.1) is 11.8 Å². The van der Waals surface area contributed by atoms with Gasteiger partial charge in [-0.05, 0) is 31.2 Å². The minimum atomic E-state index is -0.262. The Morgan fingerprint density at radius 3 is 2.67 bits per heavy atom. The van der Waals surface area contributed by atoms with Gasteiger partial charge in [0, 0.05) is 26.1 Å². The first-order valence-electron chi connectivity index (χ1n) is 9.26. The highest BCUT2D eigenvalue weighted by molar-refractivity contribution is 5.79. The summed E-state index contributed by atoms with van der Waals surface area (Å²) in [5.74, 6) is 0.251. The molecule has 1 saturated heterocycles. The van der Waals surface area contributed by atoms with Crippen LogP contribution in [0.2, 0.25) is 0 Å². The largest absolute Gasteiger partial charge is 0.393 e. The van der Waals surface area contributed by atoms with E-state index in [9.17, 15) is 9.90 Å². The van der Waals surface area contributed by atoms with E-state index >= 15 is 0 Å². The lowest BCUT2D eigenvalue weighted by Crippen LogP contribution is -2.43. The van der Waals surface area contributed by atoms with Crippen LogP contribution in [0.3, 0.4) is 0 Å². The normalized spacial score (nSPS) is 30.8. The highest BCUT2D eigenvalue weighted by Crippen LogP contribution is 2.35. The molecule has 4 nitrogen and oxygen atoms in total. The Morgan fingerprint density at radius 1 is 1.17 bits per heavy atom. The van der Waals surface area contributed by atoms with Crippen LogP contribution < -0.4 is 0 Å².